The van der Waals surface area contributed by atoms with Crippen molar-refractivity contribution in [3.05, 3.63) is 70.7 Å². The van der Waals surface area contributed by atoms with Gasteiger partial charge in [0.2, 0.25) is 0 Å². The normalized spacial score (nSPS) is 11.4. The zero-order chi connectivity index (χ0) is 16.0. The van der Waals surface area contributed by atoms with Crippen molar-refractivity contribution in [2.24, 2.45) is 0 Å². The van der Waals surface area contributed by atoms with E-state index in [1.54, 1.807) is 0 Å². The second kappa shape index (κ2) is 7.57. The summed E-state index contributed by atoms with van der Waals surface area (Å²) in [5.74, 6) is 0.176. The van der Waals surface area contributed by atoms with Crippen LogP contribution < -0.4 is 5.32 Å². The lowest BCUT2D eigenvalue weighted by atomic mass is 9.94. The summed E-state index contributed by atoms with van der Waals surface area (Å²) in [5.41, 5.74) is 1.95. The third kappa shape index (κ3) is 5.28. The van der Waals surface area contributed by atoms with E-state index in [0.29, 0.717) is 13.0 Å². The highest BCUT2D eigenvalue weighted by atomic mass is 35.5. The van der Waals surface area contributed by atoms with E-state index in [1.807, 2.05) is 54.6 Å². The Morgan fingerprint density at radius 1 is 1.05 bits per heavy atom. The maximum absolute atomic E-state index is 12.1. The van der Waals surface area contributed by atoms with Gasteiger partial charge in [-0.3, -0.25) is 4.79 Å². The van der Waals surface area contributed by atoms with Crippen LogP contribution in [0.1, 0.15) is 36.2 Å². The SMILES string of the molecule is CC(C)(Cc1ccc(Cl)cc1)NCCC(=O)c1ccccc1. The maximum Gasteiger partial charge on any atom is 0.164 e. The monoisotopic (exact) mass is 315 g/mol. The van der Waals surface area contributed by atoms with Crippen molar-refractivity contribution in [3.63, 3.8) is 0 Å². The van der Waals surface area contributed by atoms with Crippen molar-refractivity contribution < 1.29 is 4.79 Å². The number of Topliss-reactive ketones (excluding diaryl/α,β-unsaturated/α-hetero) is 1. The summed E-state index contributed by atoms with van der Waals surface area (Å²) in [6.07, 6.45) is 1.40. The Morgan fingerprint density at radius 2 is 1.68 bits per heavy atom. The molecule has 0 amide bonds. The molecule has 0 spiro atoms. The summed E-state index contributed by atoms with van der Waals surface area (Å²) in [6.45, 7) is 4.97. The van der Waals surface area contributed by atoms with Crippen LogP contribution >= 0.6 is 11.6 Å². The molecule has 2 nitrogen and oxygen atoms in total. The van der Waals surface area contributed by atoms with Crippen LogP contribution in [0.3, 0.4) is 0 Å². The molecule has 116 valence electrons. The maximum atomic E-state index is 12.1. The first-order chi connectivity index (χ1) is 10.5. The van der Waals surface area contributed by atoms with Gasteiger partial charge in [-0.1, -0.05) is 54.1 Å². The molecule has 0 saturated carbocycles. The lowest BCUT2D eigenvalue weighted by molar-refractivity contribution is 0.0980. The molecular formula is C19H22ClNO. The molecule has 0 aliphatic heterocycles. The lowest BCUT2D eigenvalue weighted by Gasteiger charge is -2.26. The molecule has 0 bridgehead atoms. The standard InChI is InChI=1S/C19H22ClNO/c1-19(2,14-15-8-10-17(20)11-9-15)21-13-12-18(22)16-6-4-3-5-7-16/h3-11,21H,12-14H2,1-2H3. The zero-order valence-electron chi connectivity index (χ0n) is 13.1. The average molecular weight is 316 g/mol. The van der Waals surface area contributed by atoms with E-state index in [4.69, 9.17) is 11.6 Å². The molecule has 2 rings (SSSR count). The van der Waals surface area contributed by atoms with Crippen LogP contribution in [-0.2, 0) is 6.42 Å². The summed E-state index contributed by atoms with van der Waals surface area (Å²) in [7, 11) is 0. The molecule has 2 aromatic rings. The molecule has 0 aromatic heterocycles. The van der Waals surface area contributed by atoms with E-state index in [9.17, 15) is 4.79 Å². The molecule has 1 N–H and O–H groups in total. The number of ketones is 1. The fourth-order valence-electron chi connectivity index (χ4n) is 2.46. The van der Waals surface area contributed by atoms with E-state index in [-0.39, 0.29) is 11.3 Å². The number of halogens is 1. The van der Waals surface area contributed by atoms with Crippen LogP contribution in [0.4, 0.5) is 0 Å². The molecule has 22 heavy (non-hydrogen) atoms. The predicted octanol–water partition coefficient (Wildman–Crippen LogP) is 4.52. The van der Waals surface area contributed by atoms with Gasteiger partial charge in [-0.15, -0.1) is 0 Å². The highest BCUT2D eigenvalue weighted by molar-refractivity contribution is 6.30. The highest BCUT2D eigenvalue weighted by Gasteiger charge is 2.18. The van der Waals surface area contributed by atoms with Gasteiger partial charge in [0, 0.05) is 29.1 Å². The second-order valence-electron chi connectivity index (χ2n) is 6.15. The molecular weight excluding hydrogens is 294 g/mol. The van der Waals surface area contributed by atoms with Crippen LogP contribution in [0.2, 0.25) is 5.02 Å². The number of hydrogen-bond donors (Lipinski definition) is 1. The molecule has 0 fully saturated rings. The van der Waals surface area contributed by atoms with Gasteiger partial charge in [-0.05, 0) is 38.0 Å². The number of carbonyl (C=O) groups excluding carboxylic acids is 1. The summed E-state index contributed by atoms with van der Waals surface area (Å²) < 4.78 is 0. The molecule has 0 aliphatic carbocycles. The van der Waals surface area contributed by atoms with Gasteiger partial charge >= 0.3 is 0 Å². The lowest BCUT2D eigenvalue weighted by Crippen LogP contribution is -2.42. The zero-order valence-corrected chi connectivity index (χ0v) is 13.9. The first-order valence-electron chi connectivity index (χ1n) is 7.54. The van der Waals surface area contributed by atoms with Crippen molar-refractivity contribution in [2.75, 3.05) is 6.54 Å². The Bertz CT molecular complexity index is 605. The minimum absolute atomic E-state index is 0.0647. The predicted molar refractivity (Wildman–Crippen MR) is 92.6 cm³/mol. The molecule has 0 heterocycles. The van der Waals surface area contributed by atoms with Gasteiger partial charge in [0.05, 0.1) is 0 Å². The average Bonchev–Trinajstić information content (AvgIpc) is 2.50. The molecule has 2 aromatic carbocycles. The fourth-order valence-corrected chi connectivity index (χ4v) is 2.58. The van der Waals surface area contributed by atoms with E-state index in [1.165, 1.54) is 5.56 Å². The number of rotatable bonds is 7. The van der Waals surface area contributed by atoms with Gasteiger partial charge in [0.25, 0.3) is 0 Å². The van der Waals surface area contributed by atoms with Crippen LogP contribution in [0, 0.1) is 0 Å². The number of carbonyl (C=O) groups is 1. The third-order valence-electron chi connectivity index (χ3n) is 3.61. The van der Waals surface area contributed by atoms with E-state index in [2.05, 4.69) is 19.2 Å². The van der Waals surface area contributed by atoms with Crippen molar-refractivity contribution >= 4 is 17.4 Å². The third-order valence-corrected chi connectivity index (χ3v) is 3.86. The molecule has 0 aliphatic rings. The first-order valence-corrected chi connectivity index (χ1v) is 7.92. The van der Waals surface area contributed by atoms with Crippen molar-refractivity contribution in [3.8, 4) is 0 Å². The van der Waals surface area contributed by atoms with Crippen LogP contribution in [0.5, 0.6) is 0 Å². The highest BCUT2D eigenvalue weighted by Crippen LogP contribution is 2.16. The van der Waals surface area contributed by atoms with Crippen LogP contribution in [0.25, 0.3) is 0 Å². The summed E-state index contributed by atoms with van der Waals surface area (Å²) in [4.78, 5) is 12.1. The molecule has 0 radical (unpaired) electrons. The second-order valence-corrected chi connectivity index (χ2v) is 6.59. The topological polar surface area (TPSA) is 29.1 Å². The molecule has 0 atom stereocenters. The van der Waals surface area contributed by atoms with Gasteiger partial charge in [-0.2, -0.15) is 0 Å². The summed E-state index contributed by atoms with van der Waals surface area (Å²) >= 11 is 5.91. The largest absolute Gasteiger partial charge is 0.311 e. The minimum Gasteiger partial charge on any atom is -0.311 e. The van der Waals surface area contributed by atoms with Gasteiger partial charge in [0.1, 0.15) is 0 Å². The molecule has 0 saturated heterocycles. The van der Waals surface area contributed by atoms with E-state index >= 15 is 0 Å². The number of benzene rings is 2. The van der Waals surface area contributed by atoms with Crippen molar-refractivity contribution in [1.82, 2.24) is 5.32 Å². The van der Waals surface area contributed by atoms with Gasteiger partial charge < -0.3 is 5.32 Å². The van der Waals surface area contributed by atoms with Crippen LogP contribution in [0.15, 0.2) is 54.6 Å². The fraction of sp³-hybridized carbons (Fsp3) is 0.316. The van der Waals surface area contributed by atoms with Crippen molar-refractivity contribution in [1.29, 1.82) is 0 Å². The summed E-state index contributed by atoms with van der Waals surface area (Å²) in [6, 6.07) is 17.3. The van der Waals surface area contributed by atoms with E-state index < -0.39 is 0 Å². The van der Waals surface area contributed by atoms with E-state index in [0.717, 1.165) is 17.0 Å². The first kappa shape index (κ1) is 16.7. The van der Waals surface area contributed by atoms with Gasteiger partial charge in [-0.25, -0.2) is 0 Å². The Morgan fingerprint density at radius 3 is 2.32 bits per heavy atom. The quantitative estimate of drug-likeness (QED) is 0.761. The number of nitrogens with one attached hydrogen (secondary N) is 1. The number of hydrogen-bond acceptors (Lipinski definition) is 2. The van der Waals surface area contributed by atoms with Crippen molar-refractivity contribution in [2.45, 2.75) is 32.2 Å². The Labute approximate surface area is 137 Å². The van der Waals surface area contributed by atoms with Gasteiger partial charge in [0.15, 0.2) is 5.78 Å². The Balaban J connectivity index is 1.82. The minimum atomic E-state index is -0.0647. The Hall–Kier alpha value is -1.64. The van der Waals surface area contributed by atoms with Crippen LogP contribution in [-0.4, -0.2) is 17.9 Å². The Kier molecular flexibility index (Phi) is 5.76. The smallest absolute Gasteiger partial charge is 0.164 e. The molecule has 3 heteroatoms. The molecule has 0 unspecified atom stereocenters. The summed E-state index contributed by atoms with van der Waals surface area (Å²) in [5, 5.41) is 4.22.